The predicted octanol–water partition coefficient (Wildman–Crippen LogP) is 2.47. The first-order valence-corrected chi connectivity index (χ1v) is 8.62. The lowest BCUT2D eigenvalue weighted by molar-refractivity contribution is -0.137. The van der Waals surface area contributed by atoms with Gasteiger partial charge in [-0.15, -0.1) is 0 Å². The van der Waals surface area contributed by atoms with Crippen LogP contribution in [0.4, 0.5) is 0 Å². The zero-order chi connectivity index (χ0) is 15.8. The lowest BCUT2D eigenvalue weighted by Crippen LogP contribution is -2.45. The average molecular weight is 297 g/mol. The smallest absolute Gasteiger partial charge is 0.225 e. The van der Waals surface area contributed by atoms with Crippen molar-refractivity contribution in [3.8, 4) is 0 Å². The first-order chi connectivity index (χ1) is 9.91. The Morgan fingerprint density at radius 2 is 1.76 bits per heavy atom. The lowest BCUT2D eigenvalue weighted by atomic mass is 9.99. The molecule has 21 heavy (non-hydrogen) atoms. The van der Waals surface area contributed by atoms with Crippen LogP contribution in [0, 0.1) is 5.92 Å². The Morgan fingerprint density at radius 1 is 1.14 bits per heavy atom. The van der Waals surface area contributed by atoms with Crippen molar-refractivity contribution in [3.05, 3.63) is 0 Å². The van der Waals surface area contributed by atoms with Gasteiger partial charge in [0.25, 0.3) is 0 Å². The van der Waals surface area contributed by atoms with Crippen molar-refractivity contribution in [2.75, 3.05) is 27.2 Å². The quantitative estimate of drug-likeness (QED) is 0.711. The second-order valence-corrected chi connectivity index (χ2v) is 7.08. The maximum atomic E-state index is 12.8. The number of rotatable bonds is 9. The Kier molecular flexibility index (Phi) is 8.27. The minimum atomic E-state index is 0.131. The minimum Gasteiger partial charge on any atom is -0.338 e. The maximum absolute atomic E-state index is 12.8. The van der Waals surface area contributed by atoms with E-state index in [2.05, 4.69) is 30.8 Å². The largest absolute Gasteiger partial charge is 0.338 e. The molecule has 0 saturated heterocycles. The maximum Gasteiger partial charge on any atom is 0.225 e. The lowest BCUT2D eigenvalue weighted by Gasteiger charge is -2.32. The van der Waals surface area contributed by atoms with E-state index < -0.39 is 0 Å². The molecule has 0 aromatic carbocycles. The summed E-state index contributed by atoms with van der Waals surface area (Å²) in [5.74, 6) is 0.486. The zero-order valence-electron chi connectivity index (χ0n) is 14.5. The number of carbonyl (C=O) groups excluding carboxylic acids is 1. The molecule has 0 aromatic heterocycles. The first-order valence-electron chi connectivity index (χ1n) is 8.62. The minimum absolute atomic E-state index is 0.131. The predicted molar refractivity (Wildman–Crippen MR) is 89.2 cm³/mol. The van der Waals surface area contributed by atoms with Gasteiger partial charge in [-0.05, 0) is 46.7 Å². The zero-order valence-corrected chi connectivity index (χ0v) is 14.5. The van der Waals surface area contributed by atoms with Gasteiger partial charge in [-0.2, -0.15) is 0 Å². The van der Waals surface area contributed by atoms with Crippen LogP contribution in [-0.4, -0.2) is 55.0 Å². The average Bonchev–Trinajstić information content (AvgIpc) is 2.91. The van der Waals surface area contributed by atoms with Crippen molar-refractivity contribution in [1.29, 1.82) is 0 Å². The summed E-state index contributed by atoms with van der Waals surface area (Å²) >= 11 is 0. The van der Waals surface area contributed by atoms with Gasteiger partial charge >= 0.3 is 0 Å². The fourth-order valence-electron chi connectivity index (χ4n) is 3.15. The van der Waals surface area contributed by atoms with Crippen LogP contribution in [0.3, 0.4) is 0 Å². The van der Waals surface area contributed by atoms with Crippen molar-refractivity contribution in [2.45, 2.75) is 70.9 Å². The second kappa shape index (κ2) is 9.42. The van der Waals surface area contributed by atoms with Crippen LogP contribution in [0.1, 0.15) is 58.8 Å². The summed E-state index contributed by atoms with van der Waals surface area (Å²) < 4.78 is 0. The number of amides is 1. The summed E-state index contributed by atoms with van der Waals surface area (Å²) in [6.07, 6.45) is 7.95. The van der Waals surface area contributed by atoms with Gasteiger partial charge in [0.2, 0.25) is 5.91 Å². The summed E-state index contributed by atoms with van der Waals surface area (Å²) in [7, 11) is 4.15. The Bertz CT molecular complexity index is 298. The molecule has 0 bridgehead atoms. The number of likely N-dealkylation sites (N-methyl/N-ethyl adjacent to an activating group) is 1. The fourth-order valence-corrected chi connectivity index (χ4v) is 3.15. The fraction of sp³-hybridized carbons (Fsp3) is 0.941. The molecule has 124 valence electrons. The number of carbonyl (C=O) groups is 1. The molecule has 1 aliphatic rings. The van der Waals surface area contributed by atoms with Crippen LogP contribution in [0.25, 0.3) is 0 Å². The van der Waals surface area contributed by atoms with E-state index in [0.717, 1.165) is 32.4 Å². The molecule has 0 radical (unpaired) electrons. The molecule has 1 fully saturated rings. The van der Waals surface area contributed by atoms with E-state index in [4.69, 9.17) is 5.73 Å². The summed E-state index contributed by atoms with van der Waals surface area (Å²) in [4.78, 5) is 17.1. The normalized spacial score (nSPS) is 19.0. The van der Waals surface area contributed by atoms with Crippen molar-refractivity contribution in [3.63, 3.8) is 0 Å². The third-order valence-electron chi connectivity index (χ3n) is 4.55. The van der Waals surface area contributed by atoms with Crippen LogP contribution < -0.4 is 5.73 Å². The molecule has 4 heteroatoms. The molecule has 0 aliphatic heterocycles. The first kappa shape index (κ1) is 18.4. The highest BCUT2D eigenvalue weighted by molar-refractivity contribution is 5.78. The van der Waals surface area contributed by atoms with Gasteiger partial charge in [0.05, 0.1) is 0 Å². The third kappa shape index (κ3) is 6.79. The van der Waals surface area contributed by atoms with Gasteiger partial charge in [0, 0.05) is 31.1 Å². The molecule has 2 N–H and O–H groups in total. The number of nitrogens with zero attached hydrogens (tertiary/aromatic N) is 2. The summed E-state index contributed by atoms with van der Waals surface area (Å²) in [6.45, 7) is 5.94. The van der Waals surface area contributed by atoms with E-state index in [9.17, 15) is 4.79 Å². The number of hydrogen-bond acceptors (Lipinski definition) is 3. The Morgan fingerprint density at radius 3 is 2.29 bits per heavy atom. The van der Waals surface area contributed by atoms with Crippen LogP contribution in [-0.2, 0) is 4.79 Å². The van der Waals surface area contributed by atoms with Gasteiger partial charge in [-0.1, -0.05) is 26.2 Å². The molecular weight excluding hydrogens is 262 g/mol. The summed E-state index contributed by atoms with van der Waals surface area (Å²) in [5, 5.41) is 0. The van der Waals surface area contributed by atoms with E-state index >= 15 is 0 Å². The molecule has 1 rings (SSSR count). The highest BCUT2D eigenvalue weighted by atomic mass is 16.2. The molecule has 1 saturated carbocycles. The van der Waals surface area contributed by atoms with Gasteiger partial charge in [-0.3, -0.25) is 4.79 Å². The summed E-state index contributed by atoms with van der Waals surface area (Å²) in [6, 6.07) is 0.723. The molecule has 2 atom stereocenters. The van der Waals surface area contributed by atoms with Crippen molar-refractivity contribution in [2.24, 2.45) is 11.7 Å². The Balaban J connectivity index is 2.52. The monoisotopic (exact) mass is 297 g/mol. The highest BCUT2D eigenvalue weighted by Crippen LogP contribution is 2.25. The standard InChI is InChI=1S/C17H35N3O/c1-14(8-7-9-15(2)18)17(21)20(13-12-19(3)4)16-10-5-6-11-16/h14-16H,5-13,18H2,1-4H3. The topological polar surface area (TPSA) is 49.6 Å². The third-order valence-corrected chi connectivity index (χ3v) is 4.55. The van der Waals surface area contributed by atoms with Gasteiger partial charge < -0.3 is 15.5 Å². The number of nitrogens with two attached hydrogens (primary N) is 1. The van der Waals surface area contributed by atoms with Crippen molar-refractivity contribution in [1.82, 2.24) is 9.80 Å². The molecule has 0 heterocycles. The van der Waals surface area contributed by atoms with Crippen LogP contribution in [0.15, 0.2) is 0 Å². The second-order valence-electron chi connectivity index (χ2n) is 7.08. The van der Waals surface area contributed by atoms with E-state index in [1.165, 1.54) is 25.7 Å². The molecule has 2 unspecified atom stereocenters. The van der Waals surface area contributed by atoms with E-state index in [1.54, 1.807) is 0 Å². The van der Waals surface area contributed by atoms with Crippen LogP contribution in [0.5, 0.6) is 0 Å². The molecule has 0 spiro atoms. The Hall–Kier alpha value is -0.610. The van der Waals surface area contributed by atoms with Crippen LogP contribution >= 0.6 is 0 Å². The van der Waals surface area contributed by atoms with E-state index in [1.807, 2.05) is 6.92 Å². The molecule has 1 amide bonds. The number of hydrogen-bond donors (Lipinski definition) is 1. The Labute approximate surface area is 131 Å². The summed E-state index contributed by atoms with van der Waals surface area (Å²) in [5.41, 5.74) is 5.79. The van der Waals surface area contributed by atoms with Gasteiger partial charge in [0.1, 0.15) is 0 Å². The van der Waals surface area contributed by atoms with Crippen molar-refractivity contribution >= 4 is 5.91 Å². The van der Waals surface area contributed by atoms with Crippen LogP contribution in [0.2, 0.25) is 0 Å². The molecule has 4 nitrogen and oxygen atoms in total. The van der Waals surface area contributed by atoms with Crippen molar-refractivity contribution < 1.29 is 4.79 Å². The van der Waals surface area contributed by atoms with Gasteiger partial charge in [-0.25, -0.2) is 0 Å². The van der Waals surface area contributed by atoms with E-state index in [0.29, 0.717) is 11.9 Å². The SMILES string of the molecule is CC(N)CCCC(C)C(=O)N(CCN(C)C)C1CCCC1. The highest BCUT2D eigenvalue weighted by Gasteiger charge is 2.29. The van der Waals surface area contributed by atoms with E-state index in [-0.39, 0.29) is 12.0 Å². The molecule has 0 aromatic rings. The molecular formula is C17H35N3O. The molecule has 1 aliphatic carbocycles. The van der Waals surface area contributed by atoms with Gasteiger partial charge in [0.15, 0.2) is 0 Å².